The van der Waals surface area contributed by atoms with Gasteiger partial charge >= 0.3 is 0 Å². The van der Waals surface area contributed by atoms with E-state index in [-0.39, 0.29) is 5.41 Å². The minimum atomic E-state index is -0.0318. The summed E-state index contributed by atoms with van der Waals surface area (Å²) in [5, 5.41) is 2.53. The van der Waals surface area contributed by atoms with Gasteiger partial charge in [0.2, 0.25) is 0 Å². The molecule has 0 unspecified atom stereocenters. The molecule has 252 valence electrons. The van der Waals surface area contributed by atoms with Crippen molar-refractivity contribution in [3.05, 3.63) is 205 Å². The second-order valence-corrected chi connectivity index (χ2v) is 14.6. The molecule has 0 fully saturated rings. The molecule has 0 atom stereocenters. The summed E-state index contributed by atoms with van der Waals surface area (Å²) in [6.45, 7) is 4.69. The molecule has 1 aliphatic carbocycles. The van der Waals surface area contributed by atoms with Crippen LogP contribution in [0.3, 0.4) is 0 Å². The van der Waals surface area contributed by atoms with Gasteiger partial charge < -0.3 is 9.47 Å². The van der Waals surface area contributed by atoms with Gasteiger partial charge in [-0.05, 0) is 111 Å². The highest BCUT2D eigenvalue weighted by Gasteiger charge is 2.35. The van der Waals surface area contributed by atoms with Crippen LogP contribution in [-0.4, -0.2) is 4.57 Å². The lowest BCUT2D eigenvalue weighted by molar-refractivity contribution is 0.660. The zero-order valence-electron chi connectivity index (χ0n) is 29.9. The fourth-order valence-corrected chi connectivity index (χ4v) is 8.52. The molecule has 8 aromatic carbocycles. The van der Waals surface area contributed by atoms with Crippen LogP contribution < -0.4 is 4.90 Å². The van der Waals surface area contributed by atoms with Crippen molar-refractivity contribution in [3.63, 3.8) is 0 Å². The molecule has 0 amide bonds. The van der Waals surface area contributed by atoms with Gasteiger partial charge in [-0.15, -0.1) is 0 Å². The summed E-state index contributed by atoms with van der Waals surface area (Å²) in [6.07, 6.45) is 0. The molecule has 53 heavy (non-hydrogen) atoms. The molecule has 0 aliphatic heterocycles. The average Bonchev–Trinajstić information content (AvgIpc) is 3.67. The summed E-state index contributed by atoms with van der Waals surface area (Å²) in [5.41, 5.74) is 17.2. The first kappa shape index (κ1) is 31.1. The number of aromatic nitrogens is 1. The third kappa shape index (κ3) is 5.10. The number of fused-ring (bicyclic) bond motifs is 6. The average molecular weight is 679 g/mol. The molecule has 1 aromatic heterocycles. The quantitative estimate of drug-likeness (QED) is 0.170. The normalized spacial score (nSPS) is 12.9. The second-order valence-electron chi connectivity index (χ2n) is 14.6. The van der Waals surface area contributed by atoms with Crippen LogP contribution in [-0.2, 0) is 5.41 Å². The lowest BCUT2D eigenvalue weighted by Crippen LogP contribution is -2.14. The molecule has 0 N–H and O–H groups in total. The van der Waals surface area contributed by atoms with E-state index in [4.69, 9.17) is 0 Å². The van der Waals surface area contributed by atoms with Gasteiger partial charge in [0.1, 0.15) is 0 Å². The SMILES string of the molecule is CC1(C)c2ccccc2-c2ccc(-c3ccc(N(c4ccc(-c5ccccc5)cc4)c4ccc(-n5c6ccccc6c6ccccc65)cc4)cc3)cc21. The van der Waals surface area contributed by atoms with E-state index in [0.717, 1.165) is 22.7 Å². The maximum absolute atomic E-state index is 2.40. The molecular formula is C51H38N2. The zero-order chi connectivity index (χ0) is 35.5. The smallest absolute Gasteiger partial charge is 0.0541 e. The maximum Gasteiger partial charge on any atom is 0.0541 e. The van der Waals surface area contributed by atoms with Crippen molar-refractivity contribution in [1.29, 1.82) is 0 Å². The molecule has 9 aromatic rings. The van der Waals surface area contributed by atoms with E-state index in [1.54, 1.807) is 0 Å². The predicted octanol–water partition coefficient (Wildman–Crippen LogP) is 13.9. The molecule has 0 spiro atoms. The van der Waals surface area contributed by atoms with Gasteiger partial charge in [-0.1, -0.05) is 141 Å². The van der Waals surface area contributed by atoms with E-state index >= 15 is 0 Å². The fourth-order valence-electron chi connectivity index (χ4n) is 8.52. The largest absolute Gasteiger partial charge is 0.311 e. The molecule has 10 rings (SSSR count). The number of para-hydroxylation sites is 2. The summed E-state index contributed by atoms with van der Waals surface area (Å²) >= 11 is 0. The van der Waals surface area contributed by atoms with Crippen molar-refractivity contribution < 1.29 is 0 Å². The van der Waals surface area contributed by atoms with Crippen LogP contribution in [0.5, 0.6) is 0 Å². The Hall–Kier alpha value is -6.64. The van der Waals surface area contributed by atoms with Crippen LogP contribution in [0.15, 0.2) is 194 Å². The van der Waals surface area contributed by atoms with Gasteiger partial charge in [0.05, 0.1) is 11.0 Å². The van der Waals surface area contributed by atoms with Crippen LogP contribution >= 0.6 is 0 Å². The third-order valence-corrected chi connectivity index (χ3v) is 11.2. The second kappa shape index (κ2) is 12.3. The van der Waals surface area contributed by atoms with Gasteiger partial charge in [-0.25, -0.2) is 0 Å². The molecule has 0 bridgehead atoms. The van der Waals surface area contributed by atoms with Gasteiger partial charge in [0, 0.05) is 38.9 Å². The van der Waals surface area contributed by atoms with Crippen LogP contribution in [0.2, 0.25) is 0 Å². The minimum Gasteiger partial charge on any atom is -0.311 e. The van der Waals surface area contributed by atoms with E-state index in [2.05, 4.69) is 217 Å². The molecule has 1 heterocycles. The Morgan fingerprint density at radius 1 is 0.377 bits per heavy atom. The van der Waals surface area contributed by atoms with Crippen LogP contribution in [0.1, 0.15) is 25.0 Å². The molecular weight excluding hydrogens is 641 g/mol. The van der Waals surface area contributed by atoms with E-state index < -0.39 is 0 Å². The number of hydrogen-bond donors (Lipinski definition) is 0. The Kier molecular flexibility index (Phi) is 7.19. The first-order valence-corrected chi connectivity index (χ1v) is 18.4. The molecule has 1 aliphatic rings. The molecule has 2 heteroatoms. The Labute approximate surface area is 310 Å². The van der Waals surface area contributed by atoms with Crippen molar-refractivity contribution in [2.24, 2.45) is 0 Å². The summed E-state index contributed by atoms with van der Waals surface area (Å²) < 4.78 is 2.37. The minimum absolute atomic E-state index is 0.0318. The lowest BCUT2D eigenvalue weighted by Gasteiger charge is -2.26. The number of nitrogens with zero attached hydrogens (tertiary/aromatic N) is 2. The van der Waals surface area contributed by atoms with Crippen molar-refractivity contribution in [2.75, 3.05) is 4.90 Å². The van der Waals surface area contributed by atoms with E-state index in [1.165, 1.54) is 66.3 Å². The first-order chi connectivity index (χ1) is 26.0. The van der Waals surface area contributed by atoms with Gasteiger partial charge in [-0.2, -0.15) is 0 Å². The predicted molar refractivity (Wildman–Crippen MR) is 224 cm³/mol. The highest BCUT2D eigenvalue weighted by atomic mass is 15.1. The van der Waals surface area contributed by atoms with Gasteiger partial charge in [-0.3, -0.25) is 0 Å². The number of rotatable bonds is 6. The Bertz CT molecular complexity index is 2720. The van der Waals surface area contributed by atoms with Crippen molar-refractivity contribution in [1.82, 2.24) is 4.57 Å². The lowest BCUT2D eigenvalue weighted by atomic mass is 9.81. The summed E-state index contributed by atoms with van der Waals surface area (Å²) in [5.74, 6) is 0. The van der Waals surface area contributed by atoms with Crippen LogP contribution in [0.25, 0.3) is 60.9 Å². The van der Waals surface area contributed by atoms with Crippen molar-refractivity contribution in [2.45, 2.75) is 19.3 Å². The third-order valence-electron chi connectivity index (χ3n) is 11.2. The first-order valence-electron chi connectivity index (χ1n) is 18.4. The van der Waals surface area contributed by atoms with Gasteiger partial charge in [0.25, 0.3) is 0 Å². The maximum atomic E-state index is 2.40. The Balaban J connectivity index is 1.04. The summed E-state index contributed by atoms with van der Waals surface area (Å²) in [6, 6.07) is 70.7. The zero-order valence-corrected chi connectivity index (χ0v) is 29.9. The topological polar surface area (TPSA) is 8.17 Å². The number of benzene rings is 8. The Morgan fingerprint density at radius 3 is 1.45 bits per heavy atom. The fraction of sp³-hybridized carbons (Fsp3) is 0.0588. The van der Waals surface area contributed by atoms with E-state index in [9.17, 15) is 0 Å². The van der Waals surface area contributed by atoms with Crippen LogP contribution in [0.4, 0.5) is 17.1 Å². The highest BCUT2D eigenvalue weighted by molar-refractivity contribution is 6.09. The van der Waals surface area contributed by atoms with E-state index in [1.807, 2.05) is 0 Å². The standard InChI is InChI=1S/C51H38N2/c1-51(2)47-17-9-6-14-43(47)44-33-24-38(34-48(44)51)37-22-27-40(28-23-37)52(39-25-20-36(21-26-39)35-12-4-3-5-13-35)41-29-31-42(32-30-41)53-49-18-10-7-15-45(49)46-16-8-11-19-50(46)53/h3-34H,1-2H3. The van der Waals surface area contributed by atoms with E-state index in [0.29, 0.717) is 0 Å². The molecule has 0 saturated carbocycles. The molecule has 0 saturated heterocycles. The van der Waals surface area contributed by atoms with Crippen molar-refractivity contribution in [3.8, 4) is 39.1 Å². The number of anilines is 3. The summed E-state index contributed by atoms with van der Waals surface area (Å²) in [7, 11) is 0. The van der Waals surface area contributed by atoms with Crippen LogP contribution in [0, 0.1) is 0 Å². The highest BCUT2D eigenvalue weighted by Crippen LogP contribution is 2.49. The number of hydrogen-bond acceptors (Lipinski definition) is 1. The van der Waals surface area contributed by atoms with Gasteiger partial charge in [0.15, 0.2) is 0 Å². The Morgan fingerprint density at radius 2 is 0.830 bits per heavy atom. The van der Waals surface area contributed by atoms with Crippen molar-refractivity contribution >= 4 is 38.9 Å². The summed E-state index contributed by atoms with van der Waals surface area (Å²) in [4.78, 5) is 2.36. The molecule has 2 nitrogen and oxygen atoms in total. The molecule has 0 radical (unpaired) electrons. The monoisotopic (exact) mass is 678 g/mol.